The molecule has 16 rings (SSSR count). The first kappa shape index (κ1) is 48.9. The summed E-state index contributed by atoms with van der Waals surface area (Å²) in [5, 5.41) is 10.7. The first-order valence-corrected chi connectivity index (χ1v) is 28.0. The summed E-state index contributed by atoms with van der Waals surface area (Å²) in [7, 11) is 0. The number of rotatable bonds is 9. The second-order valence-corrected chi connectivity index (χ2v) is 21.1. The molecule has 11 aromatic carbocycles. The molecule has 0 saturated heterocycles. The highest BCUT2D eigenvalue weighted by molar-refractivity contribution is 7.59. The zero-order valence-electron chi connectivity index (χ0n) is 45.3. The molecule has 0 atom stereocenters. The van der Waals surface area contributed by atoms with E-state index in [4.69, 9.17) is 9.97 Å². The summed E-state index contributed by atoms with van der Waals surface area (Å²) in [6.07, 6.45) is 7.66. The fourth-order valence-corrected chi connectivity index (χ4v) is 12.9. The van der Waals surface area contributed by atoms with Crippen LogP contribution in [-0.4, -0.2) is 28.2 Å². The molecule has 0 fully saturated rings. The summed E-state index contributed by atoms with van der Waals surface area (Å²) in [5.74, 6) is 1.51. The van der Waals surface area contributed by atoms with Crippen molar-refractivity contribution in [2.75, 3.05) is 0 Å². The first-order valence-electron chi connectivity index (χ1n) is 28.0. The van der Waals surface area contributed by atoms with Crippen molar-refractivity contribution in [1.29, 1.82) is 0 Å². The number of para-hydroxylation sites is 6. The topological polar surface area (TPSA) is 45.5 Å². The van der Waals surface area contributed by atoms with Gasteiger partial charge in [-0.2, -0.15) is 13.5 Å². The molecule has 0 saturated carbocycles. The molecule has 5 aromatic heterocycles. The number of fused-ring (bicyclic) bond motifs is 13. The largest absolute Gasteiger partial charge is 0.310 e. The van der Waals surface area contributed by atoms with Crippen molar-refractivity contribution in [2.24, 2.45) is 0 Å². The molecule has 0 bridgehead atoms. The summed E-state index contributed by atoms with van der Waals surface area (Å²) in [6.45, 7) is 4.30. The van der Waals surface area contributed by atoms with Crippen molar-refractivity contribution in [1.82, 2.24) is 28.2 Å². The Labute approximate surface area is 480 Å². The molecule has 0 amide bonds. The highest BCUT2D eigenvalue weighted by Gasteiger charge is 2.22. The highest BCUT2D eigenvalue weighted by Crippen LogP contribution is 2.42. The number of nitrogens with zero attached hydrogens (tertiary/aromatic N) is 6. The average Bonchev–Trinajstić information content (AvgIpc) is 4.22. The molecule has 6 nitrogen and oxygen atoms in total. The van der Waals surface area contributed by atoms with E-state index in [0.717, 1.165) is 67.7 Å². The third-order valence-electron chi connectivity index (χ3n) is 16.6. The molecule has 390 valence electrons. The highest BCUT2D eigenvalue weighted by atomic mass is 32.1. The minimum absolute atomic E-state index is 0. The Morgan fingerprint density at radius 3 is 1.33 bits per heavy atom. The van der Waals surface area contributed by atoms with E-state index in [1.807, 2.05) is 0 Å². The van der Waals surface area contributed by atoms with Gasteiger partial charge >= 0.3 is 0 Å². The third-order valence-corrected chi connectivity index (χ3v) is 16.6. The normalized spacial score (nSPS) is 12.2. The van der Waals surface area contributed by atoms with Crippen molar-refractivity contribution in [3.8, 4) is 50.8 Å². The summed E-state index contributed by atoms with van der Waals surface area (Å²) < 4.78 is 9.50. The van der Waals surface area contributed by atoms with Gasteiger partial charge in [-0.1, -0.05) is 159 Å². The Kier molecular flexibility index (Phi) is 11.7. The van der Waals surface area contributed by atoms with E-state index in [1.54, 1.807) is 0 Å². The number of hydrogen-bond acceptors (Lipinski definition) is 2. The van der Waals surface area contributed by atoms with Crippen LogP contribution in [0.4, 0.5) is 0 Å². The molecule has 0 aliphatic heterocycles. The second-order valence-electron chi connectivity index (χ2n) is 21.1. The van der Waals surface area contributed by atoms with E-state index in [2.05, 4.69) is 299 Å². The Morgan fingerprint density at radius 2 is 0.768 bits per heavy atom. The van der Waals surface area contributed by atoms with Crippen LogP contribution >= 0.6 is 13.5 Å². The third kappa shape index (κ3) is 7.58. The molecule has 0 radical (unpaired) electrons. The van der Waals surface area contributed by atoms with Gasteiger partial charge in [-0.05, 0) is 151 Å². The molecule has 0 aliphatic rings. The summed E-state index contributed by atoms with van der Waals surface area (Å²) in [6, 6.07) is 90.5. The molecule has 0 aliphatic carbocycles. The predicted molar refractivity (Wildman–Crippen MR) is 352 cm³/mol. The minimum Gasteiger partial charge on any atom is -0.310 e. The van der Waals surface area contributed by atoms with E-state index < -0.39 is 0 Å². The number of hydrogen-bond donors (Lipinski definition) is 0. The van der Waals surface area contributed by atoms with Crippen LogP contribution in [0.3, 0.4) is 0 Å². The summed E-state index contributed by atoms with van der Waals surface area (Å²) in [4.78, 5) is 10.9. The Balaban J connectivity index is 0.00000576. The average molecular weight is 1070 g/mol. The van der Waals surface area contributed by atoms with Gasteiger partial charge in [0.05, 0.1) is 49.7 Å². The maximum atomic E-state index is 5.58. The second kappa shape index (κ2) is 19.6. The van der Waals surface area contributed by atoms with Gasteiger partial charge < -0.3 is 13.7 Å². The van der Waals surface area contributed by atoms with Crippen molar-refractivity contribution in [2.45, 2.75) is 20.3 Å². The predicted octanol–water partition coefficient (Wildman–Crippen LogP) is 20.0. The van der Waals surface area contributed by atoms with Gasteiger partial charge in [0, 0.05) is 71.1 Å². The summed E-state index contributed by atoms with van der Waals surface area (Å²) >= 11 is 0. The number of benzene rings is 11. The lowest BCUT2D eigenvalue weighted by molar-refractivity contribution is 1.07. The fourth-order valence-electron chi connectivity index (χ4n) is 12.9. The van der Waals surface area contributed by atoms with Gasteiger partial charge in [0.2, 0.25) is 0 Å². The van der Waals surface area contributed by atoms with Crippen molar-refractivity contribution in [3.63, 3.8) is 0 Å². The first-order chi connectivity index (χ1) is 40.1. The van der Waals surface area contributed by atoms with Gasteiger partial charge in [0.1, 0.15) is 5.82 Å². The molecule has 16 aromatic rings. The van der Waals surface area contributed by atoms with E-state index in [1.165, 1.54) is 87.5 Å². The maximum absolute atomic E-state index is 5.58. The van der Waals surface area contributed by atoms with Crippen molar-refractivity contribution < 1.29 is 0 Å². The lowest BCUT2D eigenvalue weighted by Crippen LogP contribution is -2.03. The maximum Gasteiger partial charge on any atom is 0.162 e. The molecule has 7 heteroatoms. The van der Waals surface area contributed by atoms with E-state index in [0.29, 0.717) is 5.82 Å². The van der Waals surface area contributed by atoms with Crippen LogP contribution in [-0.2, 0) is 0 Å². The quantitative estimate of drug-likeness (QED) is 0.135. The lowest BCUT2D eigenvalue weighted by atomic mass is 10.0. The van der Waals surface area contributed by atoms with Crippen LogP contribution < -0.4 is 0 Å². The van der Waals surface area contributed by atoms with Crippen LogP contribution in [0, 0.1) is 0 Å². The van der Waals surface area contributed by atoms with Crippen molar-refractivity contribution >= 4 is 117 Å². The van der Waals surface area contributed by atoms with Gasteiger partial charge in [0.25, 0.3) is 0 Å². The van der Waals surface area contributed by atoms with Gasteiger partial charge in [0.15, 0.2) is 5.82 Å². The molecule has 0 unspecified atom stereocenters. The Hall–Kier alpha value is -10.2. The number of aromatic nitrogens is 6. The standard InChI is InChI=1S/C75H52N6.H2S/c1-3-5-21-53(4-2)78-66-31-15-10-25-56(66)61-44-48(35-39-70(61)78)50-37-41-72-63(46-50)58-27-12-17-33-68(58)80(72)55-24-19-20-52(43-55)74-76-65-30-14-9-29-60(65)75(77-74)81-69-34-18-13-28-59(69)64-47-51(38-42-73(64)81)49-36-40-71-62(45-49)57-26-11-16-32-67(57)79(71)54-22-7-6-8-23-54;/h4-47H,3H2,1-2H3;1H2/b21-5-,53-4+;. The fraction of sp³-hybridized carbons (Fsp3) is 0.0400. The Morgan fingerprint density at radius 1 is 0.354 bits per heavy atom. The van der Waals surface area contributed by atoms with E-state index in [-0.39, 0.29) is 13.5 Å². The molecule has 0 spiro atoms. The van der Waals surface area contributed by atoms with E-state index in [9.17, 15) is 0 Å². The van der Waals surface area contributed by atoms with Crippen LogP contribution in [0.25, 0.3) is 155 Å². The molecule has 0 N–H and O–H groups in total. The number of allylic oxidation sites excluding steroid dienone is 4. The van der Waals surface area contributed by atoms with Gasteiger partial charge in [-0.25, -0.2) is 9.97 Å². The van der Waals surface area contributed by atoms with Crippen LogP contribution in [0.15, 0.2) is 267 Å². The molecule has 82 heavy (non-hydrogen) atoms. The smallest absolute Gasteiger partial charge is 0.162 e. The Bertz CT molecular complexity index is 5300. The van der Waals surface area contributed by atoms with E-state index >= 15 is 0 Å². The monoisotopic (exact) mass is 1070 g/mol. The van der Waals surface area contributed by atoms with Crippen LogP contribution in [0.5, 0.6) is 0 Å². The molecular weight excluding hydrogens is 1020 g/mol. The SMILES string of the molecule is C/C=C(\C=C/CC)n1c2ccccc2c2cc(-c3ccc4c(c3)c3ccccc3n4-c3cccc(-c4nc(-n5c6ccccc6c6cc(-c7ccc8c(c7)c7ccccc7n8-c7ccccc7)ccc65)c5ccccc5n4)c3)ccc21.S. The summed E-state index contributed by atoms with van der Waals surface area (Å²) in [5.41, 5.74) is 19.2. The lowest BCUT2D eigenvalue weighted by Gasteiger charge is -2.14. The molecule has 5 heterocycles. The zero-order chi connectivity index (χ0) is 53.7. The van der Waals surface area contributed by atoms with Crippen molar-refractivity contribution in [3.05, 3.63) is 267 Å². The van der Waals surface area contributed by atoms with Crippen LogP contribution in [0.2, 0.25) is 0 Å². The van der Waals surface area contributed by atoms with Gasteiger partial charge in [-0.3, -0.25) is 4.57 Å². The zero-order valence-corrected chi connectivity index (χ0v) is 46.3. The van der Waals surface area contributed by atoms with Crippen LogP contribution in [0.1, 0.15) is 20.3 Å². The van der Waals surface area contributed by atoms with Gasteiger partial charge in [-0.15, -0.1) is 0 Å². The molecular formula is C75H54N6S. The minimum atomic E-state index is 0.